The molecule has 2 atom stereocenters. The van der Waals surface area contributed by atoms with Crippen molar-refractivity contribution in [1.29, 1.82) is 0 Å². The molecular formula is C16H27NS. The Morgan fingerprint density at radius 3 is 2.22 bits per heavy atom. The topological polar surface area (TPSA) is 26.0 Å². The predicted octanol–water partition coefficient (Wildman–Crippen LogP) is 4.42. The molecule has 0 radical (unpaired) electrons. The van der Waals surface area contributed by atoms with Gasteiger partial charge in [0.1, 0.15) is 0 Å². The van der Waals surface area contributed by atoms with Gasteiger partial charge in [0.25, 0.3) is 0 Å². The minimum atomic E-state index is 0.164. The molecule has 0 aliphatic carbocycles. The van der Waals surface area contributed by atoms with Crippen molar-refractivity contribution in [3.05, 3.63) is 35.4 Å². The lowest BCUT2D eigenvalue weighted by molar-refractivity contribution is 0.647. The molecule has 1 aromatic carbocycles. The standard InChI is InChI=1S/C16H27NS/c1-5-13(4)18-11-16(17)15-8-6-14(7-9-15)10-12(2)3/h6-9,12-13,16H,5,10-11,17H2,1-4H3. The van der Waals surface area contributed by atoms with E-state index in [4.69, 9.17) is 5.73 Å². The summed E-state index contributed by atoms with van der Waals surface area (Å²) >= 11 is 1.97. The summed E-state index contributed by atoms with van der Waals surface area (Å²) in [5.41, 5.74) is 8.90. The van der Waals surface area contributed by atoms with E-state index in [-0.39, 0.29) is 6.04 Å². The average molecular weight is 265 g/mol. The number of hydrogen-bond acceptors (Lipinski definition) is 2. The van der Waals surface area contributed by atoms with Gasteiger partial charge in [-0.1, -0.05) is 52.0 Å². The van der Waals surface area contributed by atoms with Crippen molar-refractivity contribution in [2.75, 3.05) is 5.75 Å². The summed E-state index contributed by atoms with van der Waals surface area (Å²) in [5.74, 6) is 1.73. The van der Waals surface area contributed by atoms with Gasteiger partial charge < -0.3 is 5.73 Å². The lowest BCUT2D eigenvalue weighted by Gasteiger charge is -2.15. The lowest BCUT2D eigenvalue weighted by Crippen LogP contribution is -2.14. The second-order valence-electron chi connectivity index (χ2n) is 5.50. The molecule has 0 spiro atoms. The zero-order chi connectivity index (χ0) is 13.5. The number of rotatable bonds is 7. The van der Waals surface area contributed by atoms with E-state index >= 15 is 0 Å². The molecular weight excluding hydrogens is 238 g/mol. The Labute approximate surface area is 117 Å². The Hall–Kier alpha value is -0.470. The lowest BCUT2D eigenvalue weighted by atomic mass is 10.0. The fourth-order valence-corrected chi connectivity index (χ4v) is 2.82. The summed E-state index contributed by atoms with van der Waals surface area (Å²) in [5, 5.41) is 0.705. The summed E-state index contributed by atoms with van der Waals surface area (Å²) in [6.45, 7) is 9.00. The average Bonchev–Trinajstić information content (AvgIpc) is 2.35. The third kappa shape index (κ3) is 5.45. The second kappa shape index (κ2) is 7.85. The van der Waals surface area contributed by atoms with Crippen LogP contribution in [0.15, 0.2) is 24.3 Å². The fraction of sp³-hybridized carbons (Fsp3) is 0.625. The molecule has 1 aromatic rings. The monoisotopic (exact) mass is 265 g/mol. The molecule has 0 heterocycles. The number of benzene rings is 1. The van der Waals surface area contributed by atoms with E-state index in [1.54, 1.807) is 0 Å². The highest BCUT2D eigenvalue weighted by Crippen LogP contribution is 2.21. The maximum atomic E-state index is 6.23. The first-order valence-corrected chi connectivity index (χ1v) is 8.03. The minimum Gasteiger partial charge on any atom is -0.323 e. The Balaban J connectivity index is 2.50. The molecule has 1 nitrogen and oxygen atoms in total. The molecule has 0 saturated heterocycles. The Morgan fingerprint density at radius 2 is 1.72 bits per heavy atom. The highest BCUT2D eigenvalue weighted by molar-refractivity contribution is 7.99. The fourth-order valence-electron chi connectivity index (χ4n) is 1.85. The molecule has 102 valence electrons. The van der Waals surface area contributed by atoms with Crippen LogP contribution < -0.4 is 5.73 Å². The quantitative estimate of drug-likeness (QED) is 0.790. The van der Waals surface area contributed by atoms with Crippen LogP contribution in [0.5, 0.6) is 0 Å². The molecule has 0 amide bonds. The van der Waals surface area contributed by atoms with Crippen molar-refractivity contribution in [1.82, 2.24) is 0 Å². The predicted molar refractivity (Wildman–Crippen MR) is 84.1 cm³/mol. The molecule has 0 aliphatic heterocycles. The van der Waals surface area contributed by atoms with Gasteiger partial charge in [0.15, 0.2) is 0 Å². The van der Waals surface area contributed by atoms with Crippen LogP contribution in [0.25, 0.3) is 0 Å². The third-order valence-electron chi connectivity index (χ3n) is 3.19. The SMILES string of the molecule is CCC(C)SCC(N)c1ccc(CC(C)C)cc1. The number of hydrogen-bond donors (Lipinski definition) is 1. The molecule has 0 aromatic heterocycles. The maximum Gasteiger partial charge on any atom is 0.0386 e. The van der Waals surface area contributed by atoms with Crippen molar-refractivity contribution in [2.24, 2.45) is 11.7 Å². The maximum absolute atomic E-state index is 6.23. The number of nitrogens with two attached hydrogens (primary N) is 1. The molecule has 0 aliphatic rings. The van der Waals surface area contributed by atoms with E-state index in [0.29, 0.717) is 11.2 Å². The van der Waals surface area contributed by atoms with Gasteiger partial charge in [-0.2, -0.15) is 11.8 Å². The molecule has 18 heavy (non-hydrogen) atoms. The van der Waals surface area contributed by atoms with E-state index in [9.17, 15) is 0 Å². The van der Waals surface area contributed by atoms with E-state index in [1.165, 1.54) is 17.5 Å². The zero-order valence-electron chi connectivity index (χ0n) is 12.1. The van der Waals surface area contributed by atoms with Crippen molar-refractivity contribution >= 4 is 11.8 Å². The van der Waals surface area contributed by atoms with Gasteiger partial charge in [0.2, 0.25) is 0 Å². The van der Waals surface area contributed by atoms with Crippen molar-refractivity contribution in [3.8, 4) is 0 Å². The van der Waals surface area contributed by atoms with Crippen LogP contribution in [-0.2, 0) is 6.42 Å². The van der Waals surface area contributed by atoms with Crippen LogP contribution in [0.1, 0.15) is 51.3 Å². The summed E-state index contributed by atoms with van der Waals surface area (Å²) in [7, 11) is 0. The molecule has 0 bridgehead atoms. The van der Waals surface area contributed by atoms with Crippen LogP contribution in [0.3, 0.4) is 0 Å². The van der Waals surface area contributed by atoms with Crippen LogP contribution in [0.4, 0.5) is 0 Å². The molecule has 2 heteroatoms. The van der Waals surface area contributed by atoms with Crippen LogP contribution >= 0.6 is 11.8 Å². The molecule has 0 saturated carbocycles. The minimum absolute atomic E-state index is 0.164. The zero-order valence-corrected chi connectivity index (χ0v) is 13.0. The van der Waals surface area contributed by atoms with Gasteiger partial charge >= 0.3 is 0 Å². The van der Waals surface area contributed by atoms with Gasteiger partial charge in [-0.3, -0.25) is 0 Å². The van der Waals surface area contributed by atoms with Gasteiger partial charge in [-0.15, -0.1) is 0 Å². The highest BCUT2D eigenvalue weighted by atomic mass is 32.2. The van der Waals surface area contributed by atoms with Crippen molar-refractivity contribution in [3.63, 3.8) is 0 Å². The largest absolute Gasteiger partial charge is 0.323 e. The normalized spacial score (nSPS) is 14.8. The molecule has 1 rings (SSSR count). The van der Waals surface area contributed by atoms with Crippen LogP contribution in [0.2, 0.25) is 0 Å². The molecule has 2 N–H and O–H groups in total. The Morgan fingerprint density at radius 1 is 1.11 bits per heavy atom. The van der Waals surface area contributed by atoms with Crippen molar-refractivity contribution in [2.45, 2.75) is 51.8 Å². The van der Waals surface area contributed by atoms with Crippen LogP contribution in [0, 0.1) is 5.92 Å². The Bertz CT molecular complexity index is 331. The first-order chi connectivity index (χ1) is 8.52. The van der Waals surface area contributed by atoms with E-state index in [0.717, 1.165) is 12.2 Å². The third-order valence-corrected chi connectivity index (χ3v) is 4.64. The number of thioether (sulfide) groups is 1. The first-order valence-electron chi connectivity index (χ1n) is 6.99. The van der Waals surface area contributed by atoms with Crippen LogP contribution in [-0.4, -0.2) is 11.0 Å². The van der Waals surface area contributed by atoms with E-state index in [1.807, 2.05) is 11.8 Å². The van der Waals surface area contributed by atoms with Crippen molar-refractivity contribution < 1.29 is 0 Å². The molecule has 0 fully saturated rings. The second-order valence-corrected chi connectivity index (χ2v) is 6.97. The summed E-state index contributed by atoms with van der Waals surface area (Å²) in [6.07, 6.45) is 2.36. The van der Waals surface area contributed by atoms with Gasteiger partial charge in [0, 0.05) is 17.0 Å². The van der Waals surface area contributed by atoms with E-state index < -0.39 is 0 Å². The first kappa shape index (κ1) is 15.6. The van der Waals surface area contributed by atoms with Gasteiger partial charge in [-0.05, 0) is 29.9 Å². The summed E-state index contributed by atoms with van der Waals surface area (Å²) in [4.78, 5) is 0. The van der Waals surface area contributed by atoms with E-state index in [2.05, 4.69) is 52.0 Å². The highest BCUT2D eigenvalue weighted by Gasteiger charge is 2.08. The van der Waals surface area contributed by atoms with Gasteiger partial charge in [-0.25, -0.2) is 0 Å². The van der Waals surface area contributed by atoms with Gasteiger partial charge in [0.05, 0.1) is 0 Å². The smallest absolute Gasteiger partial charge is 0.0386 e. The Kier molecular flexibility index (Phi) is 6.80. The summed E-state index contributed by atoms with van der Waals surface area (Å²) < 4.78 is 0. The summed E-state index contributed by atoms with van der Waals surface area (Å²) in [6, 6.07) is 9.00. The molecule has 2 unspecified atom stereocenters.